The van der Waals surface area contributed by atoms with Gasteiger partial charge in [-0.2, -0.15) is 0 Å². The van der Waals surface area contributed by atoms with Gasteiger partial charge < -0.3 is 4.57 Å². The molecular formula is C11H9NO. The van der Waals surface area contributed by atoms with Gasteiger partial charge in [-0.1, -0.05) is 0 Å². The zero-order valence-corrected chi connectivity index (χ0v) is 7.59. The number of carbonyl (C=O) groups excluding carboxylic acids is 1. The molecule has 2 heterocycles. The number of hydrogen-bond donors (Lipinski definition) is 0. The van der Waals surface area contributed by atoms with Crippen molar-refractivity contribution in [2.45, 2.75) is 13.8 Å². The normalized spacial score (nSPS) is 12.2. The monoisotopic (exact) mass is 171 g/mol. The molecule has 0 saturated carbocycles. The Morgan fingerprint density at radius 3 is 2.85 bits per heavy atom. The predicted molar refractivity (Wildman–Crippen MR) is 51.6 cm³/mol. The first-order valence-electron chi connectivity index (χ1n) is 4.36. The maximum atomic E-state index is 11.1. The van der Waals surface area contributed by atoms with E-state index in [4.69, 9.17) is 0 Å². The summed E-state index contributed by atoms with van der Waals surface area (Å²) < 4.78 is 2.21. The molecule has 0 aliphatic carbocycles. The van der Waals surface area contributed by atoms with E-state index in [1.807, 2.05) is 18.2 Å². The number of Topliss-reactive ketones (excluding diaryl/α,β-unsaturated/α-hetero) is 1. The van der Waals surface area contributed by atoms with Crippen molar-refractivity contribution in [1.82, 2.24) is 4.57 Å². The van der Waals surface area contributed by atoms with Crippen molar-refractivity contribution in [1.29, 1.82) is 0 Å². The molecular weight excluding hydrogens is 162 g/mol. The molecule has 2 heteroatoms. The van der Waals surface area contributed by atoms with Crippen molar-refractivity contribution in [3.8, 4) is 5.69 Å². The molecule has 0 unspecified atom stereocenters. The predicted octanol–water partition coefficient (Wildman–Crippen LogP) is 2.45. The second-order valence-corrected chi connectivity index (χ2v) is 3.56. The van der Waals surface area contributed by atoms with Gasteiger partial charge in [-0.3, -0.25) is 4.79 Å². The third-order valence-corrected chi connectivity index (χ3v) is 2.75. The molecule has 1 aromatic rings. The number of ketones is 1. The van der Waals surface area contributed by atoms with Crippen LogP contribution in [-0.2, 0) is 0 Å². The summed E-state index contributed by atoms with van der Waals surface area (Å²) in [5.74, 6) is 0.139. The number of aryl methyl sites for hydroxylation is 1. The smallest absolute Gasteiger partial charge is 0.159 e. The third kappa shape index (κ3) is 0.663. The van der Waals surface area contributed by atoms with E-state index in [0.717, 1.165) is 5.56 Å². The fraction of sp³-hybridized carbons (Fsp3) is 0.182. The van der Waals surface area contributed by atoms with Crippen molar-refractivity contribution in [3.63, 3.8) is 0 Å². The first-order valence-corrected chi connectivity index (χ1v) is 4.36. The Kier molecular flexibility index (Phi) is 0.978. The molecule has 3 rings (SSSR count). The van der Waals surface area contributed by atoms with Crippen LogP contribution in [0, 0.1) is 6.92 Å². The largest absolute Gasteiger partial charge is 0.309 e. The average molecular weight is 171 g/mol. The average Bonchev–Trinajstić information content (AvgIpc) is 2.64. The zero-order valence-electron chi connectivity index (χ0n) is 7.59. The van der Waals surface area contributed by atoms with E-state index in [9.17, 15) is 4.79 Å². The Morgan fingerprint density at radius 2 is 2.15 bits per heavy atom. The standard InChI is InChI=1S/C11H9NO/c1-6-11-9-5-8(7(2)13)3-4-10(9)12(6)11/h3-5H,1-2H3. The minimum absolute atomic E-state index is 0.139. The summed E-state index contributed by atoms with van der Waals surface area (Å²) in [4.78, 5) is 11.1. The lowest BCUT2D eigenvalue weighted by molar-refractivity contribution is 0.101. The van der Waals surface area contributed by atoms with Crippen LogP contribution in [0.5, 0.6) is 0 Å². The van der Waals surface area contributed by atoms with Crippen molar-refractivity contribution in [2.24, 2.45) is 0 Å². The van der Waals surface area contributed by atoms with Crippen molar-refractivity contribution in [3.05, 3.63) is 29.5 Å². The molecule has 0 radical (unpaired) electrons. The molecule has 13 heavy (non-hydrogen) atoms. The van der Waals surface area contributed by atoms with Crippen molar-refractivity contribution < 1.29 is 4.79 Å². The first kappa shape index (κ1) is 6.89. The zero-order chi connectivity index (χ0) is 9.16. The van der Waals surface area contributed by atoms with Crippen LogP contribution in [0.2, 0.25) is 0 Å². The fourth-order valence-corrected chi connectivity index (χ4v) is 1.95. The highest BCUT2D eigenvalue weighted by Gasteiger charge is 2.29. The Morgan fingerprint density at radius 1 is 1.38 bits per heavy atom. The minimum Gasteiger partial charge on any atom is -0.309 e. The summed E-state index contributed by atoms with van der Waals surface area (Å²) in [6, 6.07) is 5.90. The van der Waals surface area contributed by atoms with Gasteiger partial charge in [-0.25, -0.2) is 0 Å². The summed E-state index contributed by atoms with van der Waals surface area (Å²) in [7, 11) is 0. The van der Waals surface area contributed by atoms with E-state index < -0.39 is 0 Å². The maximum Gasteiger partial charge on any atom is 0.159 e. The van der Waals surface area contributed by atoms with Gasteiger partial charge >= 0.3 is 0 Å². The Bertz CT molecular complexity index is 549. The summed E-state index contributed by atoms with van der Waals surface area (Å²) >= 11 is 0. The number of aromatic nitrogens is 1. The SMILES string of the molecule is CC(=O)c1ccc2c(c1)c1c(C)n2-1. The van der Waals surface area contributed by atoms with Crippen molar-refractivity contribution in [2.75, 3.05) is 0 Å². The molecule has 0 aromatic heterocycles. The highest BCUT2D eigenvalue weighted by molar-refractivity contribution is 6.07. The third-order valence-electron chi connectivity index (χ3n) is 2.75. The van der Waals surface area contributed by atoms with Crippen LogP contribution in [0.3, 0.4) is 0 Å². The van der Waals surface area contributed by atoms with E-state index >= 15 is 0 Å². The summed E-state index contributed by atoms with van der Waals surface area (Å²) in [5.41, 5.74) is 4.71. The molecule has 0 amide bonds. The Labute approximate surface area is 75.8 Å². The molecule has 0 fully saturated rings. The van der Waals surface area contributed by atoms with Gasteiger partial charge in [0.25, 0.3) is 0 Å². The van der Waals surface area contributed by atoms with E-state index in [0.29, 0.717) is 0 Å². The minimum atomic E-state index is 0.139. The molecule has 64 valence electrons. The number of rotatable bonds is 1. The van der Waals surface area contributed by atoms with Crippen LogP contribution in [0.1, 0.15) is 23.0 Å². The lowest BCUT2D eigenvalue weighted by Gasteiger charge is -2.05. The summed E-state index contributed by atoms with van der Waals surface area (Å²) in [5, 5.41) is 1.24. The molecule has 0 bridgehead atoms. The van der Waals surface area contributed by atoms with E-state index in [1.165, 1.54) is 22.3 Å². The first-order chi connectivity index (χ1) is 6.20. The van der Waals surface area contributed by atoms with Crippen LogP contribution < -0.4 is 0 Å². The summed E-state index contributed by atoms with van der Waals surface area (Å²) in [6.45, 7) is 3.70. The van der Waals surface area contributed by atoms with E-state index in [2.05, 4.69) is 11.5 Å². The van der Waals surface area contributed by atoms with Gasteiger partial charge in [0.1, 0.15) is 0 Å². The molecule has 0 N–H and O–H groups in total. The number of benzene rings is 1. The number of carbonyl (C=O) groups is 1. The number of fused-ring (bicyclic) bond motifs is 4. The molecule has 2 aliphatic rings. The highest BCUT2D eigenvalue weighted by atomic mass is 16.1. The second-order valence-electron chi connectivity index (χ2n) is 3.56. The van der Waals surface area contributed by atoms with Crippen LogP contribution >= 0.6 is 0 Å². The molecule has 2 nitrogen and oxygen atoms in total. The van der Waals surface area contributed by atoms with Crippen molar-refractivity contribution >= 4 is 16.7 Å². The fourth-order valence-electron chi connectivity index (χ4n) is 1.95. The van der Waals surface area contributed by atoms with Crippen LogP contribution in [0.15, 0.2) is 18.2 Å². The Balaban J connectivity index is 2.30. The summed E-state index contributed by atoms with van der Waals surface area (Å²) in [6.07, 6.45) is 0. The molecule has 0 atom stereocenters. The van der Waals surface area contributed by atoms with Crippen LogP contribution in [-0.4, -0.2) is 10.4 Å². The van der Waals surface area contributed by atoms with Gasteiger partial charge in [0, 0.05) is 16.6 Å². The van der Waals surface area contributed by atoms with Crippen LogP contribution in [0.4, 0.5) is 0 Å². The molecule has 0 saturated heterocycles. The van der Waals surface area contributed by atoms with E-state index in [1.54, 1.807) is 6.92 Å². The molecule has 2 aliphatic heterocycles. The second kappa shape index (κ2) is 1.84. The highest BCUT2D eigenvalue weighted by Crippen LogP contribution is 2.44. The molecule has 0 spiro atoms. The van der Waals surface area contributed by atoms with Gasteiger partial charge in [-0.15, -0.1) is 0 Å². The topological polar surface area (TPSA) is 22.0 Å². The van der Waals surface area contributed by atoms with Gasteiger partial charge in [0.2, 0.25) is 0 Å². The molecule has 1 aromatic carbocycles. The van der Waals surface area contributed by atoms with Gasteiger partial charge in [0.05, 0.1) is 11.2 Å². The van der Waals surface area contributed by atoms with Gasteiger partial charge in [-0.05, 0) is 32.0 Å². The lowest BCUT2D eigenvalue weighted by Crippen LogP contribution is -1.94. The maximum absolute atomic E-state index is 11.1. The lowest BCUT2D eigenvalue weighted by atomic mass is 10.1. The number of hydrogen-bond acceptors (Lipinski definition) is 1. The van der Waals surface area contributed by atoms with E-state index in [-0.39, 0.29) is 5.78 Å². The van der Waals surface area contributed by atoms with Crippen LogP contribution in [0.25, 0.3) is 16.6 Å². The van der Waals surface area contributed by atoms with Gasteiger partial charge in [0.15, 0.2) is 5.78 Å². The Hall–Kier alpha value is -1.57. The quantitative estimate of drug-likeness (QED) is 0.515. The number of nitrogens with zero attached hydrogens (tertiary/aromatic N) is 1.